The van der Waals surface area contributed by atoms with Crippen LogP contribution < -0.4 is 10.5 Å². The predicted molar refractivity (Wildman–Crippen MR) is 78.1 cm³/mol. The van der Waals surface area contributed by atoms with Crippen LogP contribution in [0.15, 0.2) is 41.3 Å². The van der Waals surface area contributed by atoms with Gasteiger partial charge in [0.25, 0.3) is 10.0 Å². The highest BCUT2D eigenvalue weighted by atomic mass is 35.5. The Morgan fingerprint density at radius 3 is 2.40 bits per heavy atom. The van der Waals surface area contributed by atoms with E-state index in [1.165, 1.54) is 24.3 Å². The standard InChI is InChI=1S/C12H9Cl2FN2O2S/c13-7-5-8(14)12(10(16)6-7)17-20(18,19)11-4-2-1-3-9(11)15/h1-6,17H,16H2. The fourth-order valence-corrected chi connectivity index (χ4v) is 3.35. The van der Waals surface area contributed by atoms with Gasteiger partial charge in [-0.2, -0.15) is 0 Å². The van der Waals surface area contributed by atoms with Crippen molar-refractivity contribution in [2.75, 3.05) is 10.5 Å². The van der Waals surface area contributed by atoms with Crippen LogP contribution in [-0.4, -0.2) is 8.42 Å². The van der Waals surface area contributed by atoms with Crippen molar-refractivity contribution in [3.63, 3.8) is 0 Å². The maximum atomic E-state index is 13.5. The summed E-state index contributed by atoms with van der Waals surface area (Å²) < 4.78 is 39.9. The van der Waals surface area contributed by atoms with E-state index in [0.29, 0.717) is 0 Å². The molecular formula is C12H9Cl2FN2O2S. The molecule has 0 aliphatic heterocycles. The third kappa shape index (κ3) is 2.98. The molecule has 0 atom stereocenters. The van der Waals surface area contributed by atoms with Gasteiger partial charge in [0.2, 0.25) is 0 Å². The molecule has 0 heterocycles. The monoisotopic (exact) mass is 334 g/mol. The molecule has 0 fully saturated rings. The van der Waals surface area contributed by atoms with Crippen molar-refractivity contribution in [2.45, 2.75) is 4.90 Å². The Kier molecular flexibility index (Phi) is 4.08. The number of rotatable bonds is 3. The molecule has 0 amide bonds. The van der Waals surface area contributed by atoms with Gasteiger partial charge in [-0.15, -0.1) is 0 Å². The summed E-state index contributed by atoms with van der Waals surface area (Å²) in [6.45, 7) is 0. The van der Waals surface area contributed by atoms with Crippen LogP contribution in [0.4, 0.5) is 15.8 Å². The molecule has 0 aliphatic carbocycles. The summed E-state index contributed by atoms with van der Waals surface area (Å²) in [7, 11) is -4.13. The van der Waals surface area contributed by atoms with Crippen molar-refractivity contribution in [3.05, 3.63) is 52.3 Å². The van der Waals surface area contributed by atoms with Crippen molar-refractivity contribution in [2.24, 2.45) is 0 Å². The molecule has 0 bridgehead atoms. The molecule has 0 saturated heterocycles. The average Bonchev–Trinajstić information content (AvgIpc) is 2.34. The number of hydrogen-bond donors (Lipinski definition) is 2. The maximum Gasteiger partial charge on any atom is 0.264 e. The average molecular weight is 335 g/mol. The highest BCUT2D eigenvalue weighted by molar-refractivity contribution is 7.92. The summed E-state index contributed by atoms with van der Waals surface area (Å²) in [4.78, 5) is -0.495. The fraction of sp³-hybridized carbons (Fsp3) is 0. The number of nitrogens with one attached hydrogen (secondary N) is 1. The number of nitrogen functional groups attached to an aromatic ring is 1. The third-order valence-electron chi connectivity index (χ3n) is 2.45. The van der Waals surface area contributed by atoms with Crippen molar-refractivity contribution >= 4 is 44.6 Å². The van der Waals surface area contributed by atoms with Crippen LogP contribution >= 0.6 is 23.2 Å². The van der Waals surface area contributed by atoms with E-state index >= 15 is 0 Å². The van der Waals surface area contributed by atoms with Gasteiger partial charge in [0.05, 0.1) is 16.4 Å². The summed E-state index contributed by atoms with van der Waals surface area (Å²) in [6.07, 6.45) is 0. The van der Waals surface area contributed by atoms with E-state index in [1.807, 2.05) is 0 Å². The Hall–Kier alpha value is -1.50. The Morgan fingerprint density at radius 1 is 1.15 bits per heavy atom. The number of benzene rings is 2. The van der Waals surface area contributed by atoms with Gasteiger partial charge in [-0.25, -0.2) is 12.8 Å². The van der Waals surface area contributed by atoms with E-state index in [2.05, 4.69) is 4.72 Å². The van der Waals surface area contributed by atoms with Crippen LogP contribution in [0.5, 0.6) is 0 Å². The molecule has 0 spiro atoms. The van der Waals surface area contributed by atoms with Crippen molar-refractivity contribution < 1.29 is 12.8 Å². The Morgan fingerprint density at radius 2 is 1.80 bits per heavy atom. The summed E-state index contributed by atoms with van der Waals surface area (Å²) in [5.41, 5.74) is 5.66. The largest absolute Gasteiger partial charge is 0.397 e. The maximum absolute atomic E-state index is 13.5. The van der Waals surface area contributed by atoms with E-state index in [1.54, 1.807) is 0 Å². The normalized spacial score (nSPS) is 11.3. The van der Waals surface area contributed by atoms with Crippen molar-refractivity contribution in [3.8, 4) is 0 Å². The first-order valence-electron chi connectivity index (χ1n) is 5.33. The molecule has 106 valence electrons. The highest BCUT2D eigenvalue weighted by Crippen LogP contribution is 2.33. The molecule has 2 aromatic carbocycles. The van der Waals surface area contributed by atoms with Gasteiger partial charge in [-0.1, -0.05) is 35.3 Å². The number of anilines is 2. The van der Waals surface area contributed by atoms with Crippen LogP contribution in [0.3, 0.4) is 0 Å². The van der Waals surface area contributed by atoms with E-state index < -0.39 is 20.7 Å². The molecule has 0 aromatic heterocycles. The first-order chi connectivity index (χ1) is 9.31. The molecule has 0 saturated carbocycles. The lowest BCUT2D eigenvalue weighted by molar-refractivity contribution is 0.570. The lowest BCUT2D eigenvalue weighted by Crippen LogP contribution is -2.16. The molecule has 20 heavy (non-hydrogen) atoms. The molecule has 8 heteroatoms. The Bertz CT molecular complexity index is 743. The van der Waals surface area contributed by atoms with Gasteiger partial charge < -0.3 is 5.73 Å². The minimum absolute atomic E-state index is 0.0231. The molecule has 0 aliphatic rings. The lowest BCUT2D eigenvalue weighted by atomic mass is 10.3. The van der Waals surface area contributed by atoms with Crippen LogP contribution in [0, 0.1) is 5.82 Å². The molecule has 0 unspecified atom stereocenters. The zero-order valence-electron chi connectivity index (χ0n) is 9.90. The van der Waals surface area contributed by atoms with Crippen molar-refractivity contribution in [1.82, 2.24) is 0 Å². The van der Waals surface area contributed by atoms with E-state index in [9.17, 15) is 12.8 Å². The second kappa shape index (κ2) is 5.47. The third-order valence-corrected chi connectivity index (χ3v) is 4.35. The molecule has 2 rings (SSSR count). The summed E-state index contributed by atoms with van der Waals surface area (Å²) in [6, 6.07) is 7.65. The molecule has 3 N–H and O–H groups in total. The first-order valence-corrected chi connectivity index (χ1v) is 7.57. The van der Waals surface area contributed by atoms with Gasteiger partial charge in [0, 0.05) is 5.02 Å². The SMILES string of the molecule is Nc1cc(Cl)cc(Cl)c1NS(=O)(=O)c1ccccc1F. The lowest BCUT2D eigenvalue weighted by Gasteiger charge is -2.12. The van der Waals surface area contributed by atoms with E-state index in [4.69, 9.17) is 28.9 Å². The highest BCUT2D eigenvalue weighted by Gasteiger charge is 2.21. The smallest absolute Gasteiger partial charge is 0.264 e. The topological polar surface area (TPSA) is 72.2 Å². The summed E-state index contributed by atoms with van der Waals surface area (Å²) >= 11 is 11.6. The van der Waals surface area contributed by atoms with Crippen LogP contribution in [0.1, 0.15) is 0 Å². The van der Waals surface area contributed by atoms with E-state index in [-0.39, 0.29) is 21.4 Å². The second-order valence-corrected chi connectivity index (χ2v) is 6.38. The number of nitrogens with two attached hydrogens (primary N) is 1. The summed E-state index contributed by atoms with van der Waals surface area (Å²) in [5, 5.41) is 0.288. The van der Waals surface area contributed by atoms with Crippen LogP contribution in [0.2, 0.25) is 10.0 Å². The molecular weight excluding hydrogens is 326 g/mol. The Labute approximate surface area is 125 Å². The van der Waals surface area contributed by atoms with Crippen LogP contribution in [-0.2, 0) is 10.0 Å². The molecule has 2 aromatic rings. The summed E-state index contributed by atoms with van der Waals surface area (Å²) in [5.74, 6) is -0.872. The van der Waals surface area contributed by atoms with Gasteiger partial charge in [-0.05, 0) is 24.3 Å². The fourth-order valence-electron chi connectivity index (χ4n) is 1.55. The van der Waals surface area contributed by atoms with Gasteiger partial charge in [0.15, 0.2) is 0 Å². The molecule has 4 nitrogen and oxygen atoms in total. The minimum Gasteiger partial charge on any atom is -0.397 e. The zero-order valence-corrected chi connectivity index (χ0v) is 12.2. The number of sulfonamides is 1. The van der Waals surface area contributed by atoms with Crippen molar-refractivity contribution in [1.29, 1.82) is 0 Å². The van der Waals surface area contributed by atoms with Gasteiger partial charge in [0.1, 0.15) is 10.7 Å². The van der Waals surface area contributed by atoms with Gasteiger partial charge >= 0.3 is 0 Å². The predicted octanol–water partition coefficient (Wildman–Crippen LogP) is 3.52. The first kappa shape index (κ1) is 14.9. The van der Waals surface area contributed by atoms with Gasteiger partial charge in [-0.3, -0.25) is 4.72 Å². The minimum atomic E-state index is -4.13. The second-order valence-electron chi connectivity index (χ2n) is 3.89. The number of halogens is 3. The van der Waals surface area contributed by atoms with E-state index in [0.717, 1.165) is 12.1 Å². The molecule has 0 radical (unpaired) electrons. The Balaban J connectivity index is 2.47. The zero-order chi connectivity index (χ0) is 14.9. The number of hydrogen-bond acceptors (Lipinski definition) is 3. The van der Waals surface area contributed by atoms with Crippen LogP contribution in [0.25, 0.3) is 0 Å². The quantitative estimate of drug-likeness (QED) is 0.843.